The first kappa shape index (κ1) is 21.1. The number of nitrogens with one attached hydrogen (secondary N) is 2. The van der Waals surface area contributed by atoms with Gasteiger partial charge in [0.25, 0.3) is 0 Å². The molecule has 5 nitrogen and oxygen atoms in total. The Balaban J connectivity index is 1.42. The Labute approximate surface area is 175 Å². The summed E-state index contributed by atoms with van der Waals surface area (Å²) in [5.41, 5.74) is 1.18. The lowest BCUT2D eigenvalue weighted by atomic mass is 9.93. The molecular weight excluding hydrogens is 393 g/mol. The lowest BCUT2D eigenvalue weighted by Gasteiger charge is -2.32. The van der Waals surface area contributed by atoms with Crippen LogP contribution in [0, 0.1) is 11.7 Å². The first-order valence-corrected chi connectivity index (χ1v) is 10.2. The summed E-state index contributed by atoms with van der Waals surface area (Å²) in [6.07, 6.45) is 2.99. The van der Waals surface area contributed by atoms with E-state index in [0.29, 0.717) is 31.1 Å². The van der Waals surface area contributed by atoms with Crippen molar-refractivity contribution in [3.63, 3.8) is 0 Å². The van der Waals surface area contributed by atoms with Crippen molar-refractivity contribution in [2.45, 2.75) is 32.2 Å². The molecule has 154 valence electrons. The van der Waals surface area contributed by atoms with Crippen molar-refractivity contribution in [3.05, 3.63) is 64.9 Å². The van der Waals surface area contributed by atoms with Crippen LogP contribution < -0.4 is 10.6 Å². The normalized spacial score (nSPS) is 16.3. The van der Waals surface area contributed by atoms with Crippen LogP contribution in [0.15, 0.2) is 48.5 Å². The maximum Gasteiger partial charge on any atom is 0.321 e. The highest BCUT2D eigenvalue weighted by Gasteiger charge is 2.24. The number of amides is 3. The van der Waals surface area contributed by atoms with Gasteiger partial charge in [-0.1, -0.05) is 35.9 Å². The average Bonchev–Trinajstić information content (AvgIpc) is 2.73. The number of hydrogen-bond donors (Lipinski definition) is 2. The van der Waals surface area contributed by atoms with Crippen molar-refractivity contribution in [1.29, 1.82) is 0 Å². The lowest BCUT2D eigenvalue weighted by molar-refractivity contribution is -0.121. The van der Waals surface area contributed by atoms with Gasteiger partial charge in [0.15, 0.2) is 0 Å². The molecule has 0 saturated carbocycles. The van der Waals surface area contributed by atoms with Gasteiger partial charge in [0.2, 0.25) is 5.91 Å². The Hall–Kier alpha value is -2.60. The fourth-order valence-electron chi connectivity index (χ4n) is 3.47. The molecule has 0 spiro atoms. The molecule has 1 fully saturated rings. The Bertz CT molecular complexity index is 844. The van der Waals surface area contributed by atoms with Crippen LogP contribution in [0.4, 0.5) is 14.9 Å². The number of urea groups is 1. The Kier molecular flexibility index (Phi) is 7.47. The van der Waals surface area contributed by atoms with Crippen LogP contribution >= 0.6 is 11.6 Å². The first-order valence-electron chi connectivity index (χ1n) is 9.83. The summed E-state index contributed by atoms with van der Waals surface area (Å²) in [5.74, 6) is -0.198. The lowest BCUT2D eigenvalue weighted by Crippen LogP contribution is -2.42. The predicted octanol–water partition coefficient (Wildman–Crippen LogP) is 4.82. The molecular formula is C22H25ClFN3O2. The van der Waals surface area contributed by atoms with Crippen LogP contribution in [0.25, 0.3) is 0 Å². The van der Waals surface area contributed by atoms with Gasteiger partial charge in [-0.05, 0) is 55.0 Å². The van der Waals surface area contributed by atoms with Gasteiger partial charge in [-0.2, -0.15) is 0 Å². The first-order chi connectivity index (χ1) is 14.0. The van der Waals surface area contributed by atoms with Crippen molar-refractivity contribution in [1.82, 2.24) is 10.2 Å². The van der Waals surface area contributed by atoms with Gasteiger partial charge >= 0.3 is 6.03 Å². The number of rotatable bonds is 6. The number of nitrogens with zero attached hydrogens (tertiary/aromatic N) is 1. The number of halogens is 2. The van der Waals surface area contributed by atoms with Crippen LogP contribution in [0.2, 0.25) is 5.02 Å². The number of carbonyl (C=O) groups excluding carboxylic acids is 2. The van der Waals surface area contributed by atoms with Crippen molar-refractivity contribution in [2.75, 3.05) is 18.4 Å². The second-order valence-electron chi connectivity index (χ2n) is 7.31. The number of anilines is 1. The molecule has 1 aliphatic heterocycles. The number of carbonyl (C=O) groups is 2. The Morgan fingerprint density at radius 1 is 1.14 bits per heavy atom. The van der Waals surface area contributed by atoms with Gasteiger partial charge in [0.05, 0.1) is 5.69 Å². The number of benzene rings is 2. The van der Waals surface area contributed by atoms with E-state index in [9.17, 15) is 14.0 Å². The molecule has 0 bridgehead atoms. The zero-order valence-electron chi connectivity index (χ0n) is 16.2. The summed E-state index contributed by atoms with van der Waals surface area (Å²) >= 11 is 5.86. The standard InChI is InChI=1S/C22H25ClFN3O2/c23-18-10-7-16(8-11-18)14-25-21(28)12-9-17-4-3-13-27(15-17)22(29)26-20-6-2-1-5-19(20)24/h1-2,5-8,10-11,17H,3-4,9,12-15H2,(H,25,28)(H,26,29)/t17-/m1/s1. The van der Waals surface area contributed by atoms with Gasteiger partial charge in [0.1, 0.15) is 5.82 Å². The van der Waals surface area contributed by atoms with Crippen molar-refractivity contribution < 1.29 is 14.0 Å². The summed E-state index contributed by atoms with van der Waals surface area (Å²) in [4.78, 5) is 26.3. The molecule has 0 unspecified atom stereocenters. The molecule has 0 aromatic heterocycles. The van der Waals surface area contributed by atoms with E-state index < -0.39 is 5.82 Å². The van der Waals surface area contributed by atoms with Crippen molar-refractivity contribution >= 4 is 29.2 Å². The molecule has 3 rings (SSSR count). The zero-order valence-corrected chi connectivity index (χ0v) is 16.9. The third-order valence-electron chi connectivity index (χ3n) is 5.10. The Morgan fingerprint density at radius 3 is 2.66 bits per heavy atom. The van der Waals surface area contributed by atoms with E-state index in [2.05, 4.69) is 10.6 Å². The van der Waals surface area contributed by atoms with Gasteiger partial charge in [-0.15, -0.1) is 0 Å². The summed E-state index contributed by atoms with van der Waals surface area (Å²) in [6, 6.07) is 13.2. The highest BCUT2D eigenvalue weighted by molar-refractivity contribution is 6.30. The van der Waals surface area contributed by atoms with Crippen LogP contribution in [0.1, 0.15) is 31.2 Å². The predicted molar refractivity (Wildman–Crippen MR) is 112 cm³/mol. The van der Waals surface area contributed by atoms with E-state index in [0.717, 1.165) is 24.8 Å². The van der Waals surface area contributed by atoms with Crippen LogP contribution in [-0.4, -0.2) is 29.9 Å². The molecule has 3 amide bonds. The fraction of sp³-hybridized carbons (Fsp3) is 0.364. The molecule has 1 aliphatic rings. The maximum absolute atomic E-state index is 13.7. The van der Waals surface area contributed by atoms with E-state index in [1.807, 2.05) is 12.1 Å². The van der Waals surface area contributed by atoms with Gasteiger partial charge in [0, 0.05) is 31.1 Å². The number of piperidine rings is 1. The molecule has 1 heterocycles. The van der Waals surface area contributed by atoms with Gasteiger partial charge < -0.3 is 15.5 Å². The van der Waals surface area contributed by atoms with E-state index in [4.69, 9.17) is 11.6 Å². The minimum absolute atomic E-state index is 0.00659. The minimum Gasteiger partial charge on any atom is -0.352 e. The third-order valence-corrected chi connectivity index (χ3v) is 5.36. The molecule has 1 atom stereocenters. The molecule has 0 radical (unpaired) electrons. The summed E-state index contributed by atoms with van der Waals surface area (Å²) < 4.78 is 13.7. The smallest absolute Gasteiger partial charge is 0.321 e. The molecule has 7 heteroatoms. The van der Waals surface area contributed by atoms with E-state index in [-0.39, 0.29) is 23.5 Å². The Morgan fingerprint density at radius 2 is 1.90 bits per heavy atom. The van der Waals surface area contributed by atoms with E-state index in [1.54, 1.807) is 35.2 Å². The topological polar surface area (TPSA) is 61.4 Å². The van der Waals surface area contributed by atoms with E-state index in [1.165, 1.54) is 6.07 Å². The van der Waals surface area contributed by atoms with Crippen LogP contribution in [-0.2, 0) is 11.3 Å². The molecule has 0 aliphatic carbocycles. The highest BCUT2D eigenvalue weighted by atomic mass is 35.5. The summed E-state index contributed by atoms with van der Waals surface area (Å²) in [5, 5.41) is 6.21. The molecule has 29 heavy (non-hydrogen) atoms. The minimum atomic E-state index is -0.452. The highest BCUT2D eigenvalue weighted by Crippen LogP contribution is 2.22. The molecule has 2 aromatic carbocycles. The second kappa shape index (κ2) is 10.3. The quantitative estimate of drug-likeness (QED) is 0.707. The zero-order chi connectivity index (χ0) is 20.6. The third kappa shape index (κ3) is 6.46. The van der Waals surface area contributed by atoms with Crippen molar-refractivity contribution in [3.8, 4) is 0 Å². The molecule has 2 aromatic rings. The summed E-state index contributed by atoms with van der Waals surface area (Å²) in [6.45, 7) is 1.68. The fourth-order valence-corrected chi connectivity index (χ4v) is 3.59. The average molecular weight is 418 g/mol. The van der Waals surface area contributed by atoms with Crippen LogP contribution in [0.5, 0.6) is 0 Å². The monoisotopic (exact) mass is 417 g/mol. The van der Waals surface area contributed by atoms with Crippen LogP contribution in [0.3, 0.4) is 0 Å². The SMILES string of the molecule is O=C(CC[C@H]1CCCN(C(=O)Nc2ccccc2F)C1)NCc1ccc(Cl)cc1. The number of para-hydroxylation sites is 1. The molecule has 1 saturated heterocycles. The van der Waals surface area contributed by atoms with Gasteiger partial charge in [-0.25, -0.2) is 9.18 Å². The van der Waals surface area contributed by atoms with Gasteiger partial charge in [-0.3, -0.25) is 4.79 Å². The van der Waals surface area contributed by atoms with Crippen molar-refractivity contribution in [2.24, 2.45) is 5.92 Å². The summed E-state index contributed by atoms with van der Waals surface area (Å²) in [7, 11) is 0. The number of likely N-dealkylation sites (tertiary alicyclic amines) is 1. The molecule has 2 N–H and O–H groups in total. The maximum atomic E-state index is 13.7. The number of hydrogen-bond acceptors (Lipinski definition) is 2. The largest absolute Gasteiger partial charge is 0.352 e. The second-order valence-corrected chi connectivity index (χ2v) is 7.74. The van der Waals surface area contributed by atoms with E-state index >= 15 is 0 Å².